The molecule has 1 amide bonds. The number of anilines is 2. The Hall–Kier alpha value is -4.20. The van der Waals surface area contributed by atoms with Gasteiger partial charge in [0.25, 0.3) is 5.56 Å². The Balaban J connectivity index is 1.31. The monoisotopic (exact) mass is 610 g/mol. The number of aryl methyl sites for hydroxylation is 1. The largest absolute Gasteiger partial charge is 0.454 e. The number of hydrogen-bond donors (Lipinski definition) is 5. The van der Waals surface area contributed by atoms with Gasteiger partial charge in [-0.2, -0.15) is 0 Å². The van der Waals surface area contributed by atoms with E-state index < -0.39 is 34.0 Å². The Morgan fingerprint density at radius 1 is 1.07 bits per heavy atom. The number of nitrogens with one attached hydrogen (secondary N) is 3. The van der Waals surface area contributed by atoms with Gasteiger partial charge in [0.05, 0.1) is 18.0 Å². The number of nitrogens with zero attached hydrogens (tertiary/aromatic N) is 1. The van der Waals surface area contributed by atoms with E-state index in [1.165, 1.54) is 35.8 Å². The van der Waals surface area contributed by atoms with Crippen LogP contribution in [0.15, 0.2) is 59.7 Å². The number of H-pyrrole nitrogens is 1. The number of aliphatic hydroxyl groups is 2. The van der Waals surface area contributed by atoms with E-state index in [1.54, 1.807) is 31.6 Å². The molecule has 2 saturated carbocycles. The molecule has 2 heterocycles. The number of ether oxygens (including phenoxy) is 1. The molecule has 5 N–H and O–H groups in total. The maximum absolute atomic E-state index is 15.3. The number of rotatable bonds is 8. The fourth-order valence-electron chi connectivity index (χ4n) is 6.24. The molecule has 5 unspecified atom stereocenters. The van der Waals surface area contributed by atoms with Gasteiger partial charge in [0.2, 0.25) is 15.9 Å². The minimum atomic E-state index is -3.60. The van der Waals surface area contributed by atoms with Crippen molar-refractivity contribution < 1.29 is 32.6 Å². The molecule has 2 fully saturated rings. The maximum Gasteiger partial charge on any atom is 0.274 e. The van der Waals surface area contributed by atoms with Crippen molar-refractivity contribution in [1.82, 2.24) is 9.55 Å². The molecule has 43 heavy (non-hydrogen) atoms. The molecule has 0 radical (unpaired) electrons. The SMILES string of the molecule is CCS(=O)(=O)Nc1ccc(Oc2ccc(NC(=O)C3CC4CC3C(O)C4O)cc2F)c(-c2cn(C)c(=O)c3[nH]ccc23)c1. The van der Waals surface area contributed by atoms with Gasteiger partial charge in [-0.1, -0.05) is 0 Å². The third-order valence-corrected chi connectivity index (χ3v) is 9.80. The van der Waals surface area contributed by atoms with E-state index in [2.05, 4.69) is 15.0 Å². The lowest BCUT2D eigenvalue weighted by Gasteiger charge is -2.28. The molecule has 0 saturated heterocycles. The zero-order chi connectivity index (χ0) is 30.6. The summed E-state index contributed by atoms with van der Waals surface area (Å²) < 4.78 is 49.8. The lowest BCUT2D eigenvalue weighted by molar-refractivity contribution is -0.125. The third kappa shape index (κ3) is 5.28. The summed E-state index contributed by atoms with van der Waals surface area (Å²) in [5, 5.41) is 23.5. The van der Waals surface area contributed by atoms with Crippen LogP contribution >= 0.6 is 0 Å². The Kier molecular flexibility index (Phi) is 7.27. The number of aliphatic hydroxyl groups excluding tert-OH is 2. The smallest absolute Gasteiger partial charge is 0.274 e. The van der Waals surface area contributed by atoms with Gasteiger partial charge < -0.3 is 29.8 Å². The first kappa shape index (κ1) is 28.9. The number of benzene rings is 2. The molecule has 0 aliphatic heterocycles. The van der Waals surface area contributed by atoms with Gasteiger partial charge in [-0.3, -0.25) is 14.3 Å². The van der Waals surface area contributed by atoms with Crippen LogP contribution in [0.1, 0.15) is 19.8 Å². The van der Waals surface area contributed by atoms with E-state index >= 15 is 4.39 Å². The van der Waals surface area contributed by atoms with Crippen molar-refractivity contribution in [1.29, 1.82) is 0 Å². The molecule has 11 nitrogen and oxygen atoms in total. The molecule has 2 aliphatic rings. The molecule has 5 atom stereocenters. The summed E-state index contributed by atoms with van der Waals surface area (Å²) >= 11 is 0. The molecule has 13 heteroatoms. The van der Waals surface area contributed by atoms with E-state index in [9.17, 15) is 28.2 Å². The number of aromatic nitrogens is 2. The Labute approximate surface area is 246 Å². The second-order valence-corrected chi connectivity index (χ2v) is 13.2. The molecule has 2 aliphatic carbocycles. The fourth-order valence-corrected chi connectivity index (χ4v) is 6.87. The average Bonchev–Trinajstić information content (AvgIpc) is 3.70. The van der Waals surface area contributed by atoms with Crippen molar-refractivity contribution in [3.8, 4) is 22.6 Å². The van der Waals surface area contributed by atoms with Crippen molar-refractivity contribution in [2.75, 3.05) is 15.8 Å². The van der Waals surface area contributed by atoms with Gasteiger partial charge >= 0.3 is 0 Å². The second-order valence-electron chi connectivity index (χ2n) is 11.2. The van der Waals surface area contributed by atoms with Gasteiger partial charge in [0.15, 0.2) is 11.6 Å². The average molecular weight is 611 g/mol. The summed E-state index contributed by atoms with van der Waals surface area (Å²) in [6.07, 6.45) is 2.49. The van der Waals surface area contributed by atoms with Crippen LogP contribution in [0.3, 0.4) is 0 Å². The molecular formula is C30H31FN4O7S. The molecule has 4 aromatic rings. The lowest BCUT2D eigenvalue weighted by Crippen LogP contribution is -2.41. The molecule has 226 valence electrons. The number of halogens is 1. The second kappa shape index (κ2) is 10.8. The molecule has 2 bridgehead atoms. The summed E-state index contributed by atoms with van der Waals surface area (Å²) in [6, 6.07) is 10.3. The number of pyridine rings is 1. The maximum atomic E-state index is 15.3. The van der Waals surface area contributed by atoms with Crippen LogP contribution in [0.5, 0.6) is 11.5 Å². The van der Waals surface area contributed by atoms with Crippen LogP contribution in [0.25, 0.3) is 22.0 Å². The third-order valence-electron chi connectivity index (χ3n) is 8.49. The standard InChI is InChI=1S/C30H31FN4O7S/c1-3-43(40,41)34-17-5-6-24(19(12-17)22-14-35(2)30(39)26-18(22)8-9-32-26)42-25-7-4-16(13-23(25)31)33-29(38)21-11-15-10-20(21)28(37)27(15)36/h4-9,12-15,20-21,27-28,32,34,36-37H,3,10-11H2,1-2H3,(H,33,38). The number of amides is 1. The van der Waals surface area contributed by atoms with Gasteiger partial charge in [0, 0.05) is 59.3 Å². The molecule has 6 rings (SSSR count). The van der Waals surface area contributed by atoms with Crippen LogP contribution in [0, 0.1) is 23.6 Å². The van der Waals surface area contributed by atoms with Crippen LogP contribution in [0.2, 0.25) is 0 Å². The first-order valence-electron chi connectivity index (χ1n) is 13.9. The number of carbonyl (C=O) groups is 1. The summed E-state index contributed by atoms with van der Waals surface area (Å²) in [6.45, 7) is 1.51. The first-order chi connectivity index (χ1) is 20.5. The van der Waals surface area contributed by atoms with Crippen LogP contribution in [0.4, 0.5) is 15.8 Å². The molecular weight excluding hydrogens is 579 g/mol. The Morgan fingerprint density at radius 2 is 1.81 bits per heavy atom. The van der Waals surface area contributed by atoms with Crippen molar-refractivity contribution in [2.45, 2.75) is 32.0 Å². The highest BCUT2D eigenvalue weighted by molar-refractivity contribution is 7.92. The lowest BCUT2D eigenvalue weighted by atomic mass is 9.84. The van der Waals surface area contributed by atoms with Gasteiger partial charge in [-0.15, -0.1) is 0 Å². The summed E-state index contributed by atoms with van der Waals surface area (Å²) in [5.74, 6) is -2.11. The number of sulfonamides is 1. The summed E-state index contributed by atoms with van der Waals surface area (Å²) in [5.41, 5.74) is 1.52. The number of hydrogen-bond acceptors (Lipinski definition) is 7. The zero-order valence-corrected chi connectivity index (χ0v) is 24.2. The normalized spacial score (nSPS) is 23.0. The van der Waals surface area contributed by atoms with Crippen LogP contribution < -0.4 is 20.3 Å². The Morgan fingerprint density at radius 3 is 2.51 bits per heavy atom. The van der Waals surface area contributed by atoms with E-state index in [1.807, 2.05) is 0 Å². The molecule has 0 spiro atoms. The molecule has 2 aromatic carbocycles. The predicted molar refractivity (Wildman–Crippen MR) is 159 cm³/mol. The number of fused-ring (bicyclic) bond motifs is 3. The number of carbonyl (C=O) groups excluding carboxylic acids is 1. The summed E-state index contributed by atoms with van der Waals surface area (Å²) in [7, 11) is -2.01. The van der Waals surface area contributed by atoms with Crippen molar-refractivity contribution >= 4 is 38.2 Å². The van der Waals surface area contributed by atoms with Crippen molar-refractivity contribution in [3.05, 3.63) is 71.0 Å². The predicted octanol–water partition coefficient (Wildman–Crippen LogP) is 3.54. The van der Waals surface area contributed by atoms with E-state index in [0.29, 0.717) is 34.9 Å². The van der Waals surface area contributed by atoms with Crippen LogP contribution in [-0.4, -0.2) is 52.0 Å². The van der Waals surface area contributed by atoms with E-state index in [-0.39, 0.29) is 51.9 Å². The van der Waals surface area contributed by atoms with Gasteiger partial charge in [0.1, 0.15) is 11.3 Å². The van der Waals surface area contributed by atoms with E-state index in [4.69, 9.17) is 4.74 Å². The first-order valence-corrected chi connectivity index (χ1v) is 15.6. The van der Waals surface area contributed by atoms with Crippen molar-refractivity contribution in [3.63, 3.8) is 0 Å². The number of aromatic amines is 1. The van der Waals surface area contributed by atoms with Crippen LogP contribution in [-0.2, 0) is 21.9 Å². The highest BCUT2D eigenvalue weighted by Crippen LogP contribution is 2.49. The summed E-state index contributed by atoms with van der Waals surface area (Å²) in [4.78, 5) is 28.5. The molecule has 2 aromatic heterocycles. The van der Waals surface area contributed by atoms with Gasteiger partial charge in [-0.05, 0) is 68.0 Å². The quantitative estimate of drug-likeness (QED) is 0.204. The van der Waals surface area contributed by atoms with E-state index in [0.717, 1.165) is 6.07 Å². The minimum Gasteiger partial charge on any atom is -0.454 e. The fraction of sp³-hybridized carbons (Fsp3) is 0.333. The topological polar surface area (TPSA) is 163 Å². The van der Waals surface area contributed by atoms with Gasteiger partial charge in [-0.25, -0.2) is 12.8 Å². The Bertz CT molecular complexity index is 1900. The minimum absolute atomic E-state index is 0.124. The highest BCUT2D eigenvalue weighted by atomic mass is 32.2. The highest BCUT2D eigenvalue weighted by Gasteiger charge is 2.53. The zero-order valence-electron chi connectivity index (χ0n) is 23.4. The van der Waals surface area contributed by atoms with Crippen molar-refractivity contribution in [2.24, 2.45) is 24.8 Å².